The summed E-state index contributed by atoms with van der Waals surface area (Å²) >= 11 is 1.31. The molecule has 0 atom stereocenters. The molecular formula is C16H15NO3S. The smallest absolute Gasteiger partial charge is 0.303 e. The summed E-state index contributed by atoms with van der Waals surface area (Å²) in [6.45, 7) is 1.36. The molecule has 0 radical (unpaired) electrons. The third kappa shape index (κ3) is 4.65. The molecule has 4 nitrogen and oxygen atoms in total. The summed E-state index contributed by atoms with van der Waals surface area (Å²) in [4.78, 5) is 23.8. The minimum atomic E-state index is -0.339. The lowest BCUT2D eigenvalue weighted by atomic mass is 10.2. The highest BCUT2D eigenvalue weighted by Gasteiger charge is 2.11. The molecule has 0 unspecified atom stereocenters. The number of esters is 1. The van der Waals surface area contributed by atoms with E-state index in [9.17, 15) is 9.59 Å². The monoisotopic (exact) mass is 301 g/mol. The molecule has 2 rings (SSSR count). The standard InChI is InChI=1S/C16H15NO3S/c1-12(18)20-11-21-15-10-6-5-9-14(15)16(19)17-13-7-3-2-4-8-13/h2-10H,11H2,1H3,(H,17,19). The molecule has 0 aromatic heterocycles. The number of rotatable bonds is 5. The van der Waals surface area contributed by atoms with Crippen molar-refractivity contribution in [1.82, 2.24) is 0 Å². The summed E-state index contributed by atoms with van der Waals surface area (Å²) < 4.78 is 4.89. The normalized spacial score (nSPS) is 9.95. The second-order valence-corrected chi connectivity index (χ2v) is 5.18. The van der Waals surface area contributed by atoms with Gasteiger partial charge in [-0.25, -0.2) is 0 Å². The van der Waals surface area contributed by atoms with E-state index in [1.165, 1.54) is 18.7 Å². The summed E-state index contributed by atoms with van der Waals surface area (Å²) in [6, 6.07) is 16.5. The van der Waals surface area contributed by atoms with E-state index >= 15 is 0 Å². The number of thioether (sulfide) groups is 1. The molecule has 5 heteroatoms. The van der Waals surface area contributed by atoms with E-state index < -0.39 is 0 Å². The fraction of sp³-hybridized carbons (Fsp3) is 0.125. The van der Waals surface area contributed by atoms with Crippen LogP contribution in [0.3, 0.4) is 0 Å². The summed E-state index contributed by atoms with van der Waals surface area (Å²) in [6.07, 6.45) is 0. The molecule has 0 aliphatic carbocycles. The van der Waals surface area contributed by atoms with Crippen LogP contribution in [0.15, 0.2) is 59.5 Å². The van der Waals surface area contributed by atoms with Crippen LogP contribution in [0.5, 0.6) is 0 Å². The SMILES string of the molecule is CC(=O)OCSc1ccccc1C(=O)Nc1ccccc1. The quantitative estimate of drug-likeness (QED) is 0.521. The summed E-state index contributed by atoms with van der Waals surface area (Å²) in [5.74, 6) is -0.342. The van der Waals surface area contributed by atoms with E-state index in [1.807, 2.05) is 42.5 Å². The molecule has 0 aliphatic rings. The Hall–Kier alpha value is -2.27. The van der Waals surface area contributed by atoms with Gasteiger partial charge in [-0.1, -0.05) is 42.1 Å². The average Bonchev–Trinajstić information content (AvgIpc) is 2.48. The summed E-state index contributed by atoms with van der Waals surface area (Å²) in [5.41, 5.74) is 1.29. The van der Waals surface area contributed by atoms with Crippen LogP contribution in [0, 0.1) is 0 Å². The number of ether oxygens (including phenoxy) is 1. The number of para-hydroxylation sites is 1. The topological polar surface area (TPSA) is 55.4 Å². The van der Waals surface area contributed by atoms with Crippen LogP contribution in [0.25, 0.3) is 0 Å². The molecule has 1 N–H and O–H groups in total. The molecule has 0 fully saturated rings. The number of benzene rings is 2. The van der Waals surface area contributed by atoms with E-state index in [1.54, 1.807) is 12.1 Å². The summed E-state index contributed by atoms with van der Waals surface area (Å²) in [5, 5.41) is 2.84. The number of hydrogen-bond acceptors (Lipinski definition) is 4. The zero-order valence-electron chi connectivity index (χ0n) is 11.5. The number of hydrogen-bond donors (Lipinski definition) is 1. The molecular weight excluding hydrogens is 286 g/mol. The van der Waals surface area contributed by atoms with Gasteiger partial charge in [-0.2, -0.15) is 0 Å². The van der Waals surface area contributed by atoms with Crippen molar-refractivity contribution in [2.75, 3.05) is 11.3 Å². The summed E-state index contributed by atoms with van der Waals surface area (Å²) in [7, 11) is 0. The third-order valence-electron chi connectivity index (χ3n) is 2.64. The van der Waals surface area contributed by atoms with Crippen LogP contribution < -0.4 is 5.32 Å². The van der Waals surface area contributed by atoms with E-state index in [0.29, 0.717) is 5.56 Å². The molecule has 0 heterocycles. The van der Waals surface area contributed by atoms with Gasteiger partial charge >= 0.3 is 5.97 Å². The second-order valence-electron chi connectivity index (χ2n) is 4.21. The van der Waals surface area contributed by atoms with Crippen LogP contribution >= 0.6 is 11.8 Å². The van der Waals surface area contributed by atoms with Crippen molar-refractivity contribution < 1.29 is 14.3 Å². The number of carbonyl (C=O) groups is 2. The van der Waals surface area contributed by atoms with Gasteiger partial charge in [0.25, 0.3) is 5.91 Å². The van der Waals surface area contributed by atoms with E-state index in [2.05, 4.69) is 5.32 Å². The Labute approximate surface area is 127 Å². The fourth-order valence-corrected chi connectivity index (χ4v) is 2.52. The van der Waals surface area contributed by atoms with E-state index in [0.717, 1.165) is 10.6 Å². The number of amides is 1. The van der Waals surface area contributed by atoms with Crippen molar-refractivity contribution in [3.63, 3.8) is 0 Å². The van der Waals surface area contributed by atoms with Gasteiger partial charge in [-0.3, -0.25) is 9.59 Å². The number of carbonyl (C=O) groups excluding carboxylic acids is 2. The molecule has 0 spiro atoms. The van der Waals surface area contributed by atoms with Gasteiger partial charge in [-0.05, 0) is 24.3 Å². The molecule has 0 saturated carbocycles. The lowest BCUT2D eigenvalue weighted by Gasteiger charge is -2.09. The maximum Gasteiger partial charge on any atom is 0.303 e. The van der Waals surface area contributed by atoms with Crippen LogP contribution in [0.2, 0.25) is 0 Å². The predicted octanol–water partition coefficient (Wildman–Crippen LogP) is 3.55. The molecule has 0 aliphatic heterocycles. The molecule has 2 aromatic rings. The molecule has 108 valence electrons. The first-order valence-corrected chi connectivity index (χ1v) is 7.37. The molecule has 2 aromatic carbocycles. The Balaban J connectivity index is 2.08. The maximum absolute atomic E-state index is 12.3. The second kappa shape index (κ2) is 7.50. The Morgan fingerprint density at radius 3 is 2.43 bits per heavy atom. The van der Waals surface area contributed by atoms with Gasteiger partial charge in [0.1, 0.15) is 5.94 Å². The lowest BCUT2D eigenvalue weighted by molar-refractivity contribution is -0.138. The molecule has 0 saturated heterocycles. The van der Waals surface area contributed by atoms with Gasteiger partial charge in [0.2, 0.25) is 0 Å². The first-order valence-electron chi connectivity index (χ1n) is 6.38. The third-order valence-corrected chi connectivity index (χ3v) is 3.54. The lowest BCUT2D eigenvalue weighted by Crippen LogP contribution is -2.13. The average molecular weight is 301 g/mol. The Bertz CT molecular complexity index is 628. The highest BCUT2D eigenvalue weighted by Crippen LogP contribution is 2.23. The van der Waals surface area contributed by atoms with Crippen LogP contribution in [-0.2, 0) is 9.53 Å². The predicted molar refractivity (Wildman–Crippen MR) is 83.3 cm³/mol. The number of nitrogens with one attached hydrogen (secondary N) is 1. The fourth-order valence-electron chi connectivity index (χ4n) is 1.68. The first-order chi connectivity index (χ1) is 10.2. The van der Waals surface area contributed by atoms with Crippen molar-refractivity contribution in [1.29, 1.82) is 0 Å². The van der Waals surface area contributed by atoms with Crippen LogP contribution in [-0.4, -0.2) is 17.8 Å². The Morgan fingerprint density at radius 2 is 1.71 bits per heavy atom. The minimum Gasteiger partial charge on any atom is -0.454 e. The molecule has 21 heavy (non-hydrogen) atoms. The van der Waals surface area contributed by atoms with Crippen LogP contribution in [0.4, 0.5) is 5.69 Å². The van der Waals surface area contributed by atoms with Crippen molar-refractivity contribution in [3.8, 4) is 0 Å². The van der Waals surface area contributed by atoms with Gasteiger partial charge in [0.15, 0.2) is 0 Å². The van der Waals surface area contributed by atoms with Crippen molar-refractivity contribution in [3.05, 3.63) is 60.2 Å². The Morgan fingerprint density at radius 1 is 1.05 bits per heavy atom. The van der Waals surface area contributed by atoms with Gasteiger partial charge < -0.3 is 10.1 Å². The zero-order chi connectivity index (χ0) is 15.1. The largest absolute Gasteiger partial charge is 0.454 e. The van der Waals surface area contributed by atoms with Gasteiger partial charge in [-0.15, -0.1) is 0 Å². The van der Waals surface area contributed by atoms with Gasteiger partial charge in [0.05, 0.1) is 5.56 Å². The van der Waals surface area contributed by atoms with Crippen molar-refractivity contribution in [2.24, 2.45) is 0 Å². The first kappa shape index (κ1) is 15.1. The minimum absolute atomic E-state index is 0.185. The van der Waals surface area contributed by atoms with Crippen molar-refractivity contribution >= 4 is 29.3 Å². The number of anilines is 1. The van der Waals surface area contributed by atoms with Crippen LogP contribution in [0.1, 0.15) is 17.3 Å². The highest BCUT2D eigenvalue weighted by molar-refractivity contribution is 7.99. The van der Waals surface area contributed by atoms with E-state index in [-0.39, 0.29) is 17.8 Å². The molecule has 1 amide bonds. The Kier molecular flexibility index (Phi) is 5.40. The highest BCUT2D eigenvalue weighted by atomic mass is 32.2. The van der Waals surface area contributed by atoms with Gasteiger partial charge in [0, 0.05) is 17.5 Å². The molecule has 0 bridgehead atoms. The zero-order valence-corrected chi connectivity index (χ0v) is 12.4. The maximum atomic E-state index is 12.3. The van der Waals surface area contributed by atoms with Crippen molar-refractivity contribution in [2.45, 2.75) is 11.8 Å². The van der Waals surface area contributed by atoms with E-state index in [4.69, 9.17) is 4.74 Å².